The number of hydrogen-bond donors (Lipinski definition) is 1. The number of carbonyl (C=O) groups is 1. The van der Waals surface area contributed by atoms with Crippen molar-refractivity contribution >= 4 is 29.3 Å². The van der Waals surface area contributed by atoms with E-state index in [9.17, 15) is 4.79 Å². The average Bonchev–Trinajstić information content (AvgIpc) is 3.29. The summed E-state index contributed by atoms with van der Waals surface area (Å²) >= 11 is 6.26. The van der Waals surface area contributed by atoms with E-state index in [2.05, 4.69) is 77.0 Å². The third-order valence-corrected chi connectivity index (χ3v) is 9.16. The van der Waals surface area contributed by atoms with Gasteiger partial charge < -0.3 is 10.1 Å². The van der Waals surface area contributed by atoms with Crippen LogP contribution in [0.15, 0.2) is 96.1 Å². The zero-order valence-corrected chi connectivity index (χ0v) is 23.2. The highest BCUT2D eigenvalue weighted by Gasteiger charge is 2.52. The fraction of sp³-hybridized carbons (Fsp3) is 0.324. The molecule has 1 heterocycles. The normalized spacial score (nSPS) is 24.6. The lowest BCUT2D eigenvalue weighted by atomic mass is 9.61. The summed E-state index contributed by atoms with van der Waals surface area (Å²) in [7, 11) is 1.48. The molecule has 0 aromatic heterocycles. The minimum atomic E-state index is -0.777. The SMILES string of the molecule is COC(=O)C1(Nc2cccc(Cl)c2)CCC2(CC1)C(C1=CCN(Cc3ccccc3)CC1)=Cc1ccccc12. The van der Waals surface area contributed by atoms with Crippen molar-refractivity contribution in [3.63, 3.8) is 0 Å². The first-order valence-electron chi connectivity index (χ1n) is 13.9. The molecule has 3 aromatic carbocycles. The smallest absolute Gasteiger partial charge is 0.331 e. The Labute approximate surface area is 236 Å². The highest BCUT2D eigenvalue weighted by Crippen LogP contribution is 2.56. The number of fused-ring (bicyclic) bond motifs is 2. The maximum atomic E-state index is 13.2. The van der Waals surface area contributed by atoms with E-state index in [-0.39, 0.29) is 11.4 Å². The number of ether oxygens (including phenoxy) is 1. The maximum Gasteiger partial charge on any atom is 0.331 e. The lowest BCUT2D eigenvalue weighted by molar-refractivity contribution is -0.147. The average molecular weight is 539 g/mol. The maximum absolute atomic E-state index is 13.2. The molecular formula is C34H35ClN2O2. The van der Waals surface area contributed by atoms with Crippen molar-refractivity contribution in [1.29, 1.82) is 0 Å². The number of nitrogens with zero attached hydrogens (tertiary/aromatic N) is 1. The van der Waals surface area contributed by atoms with Gasteiger partial charge >= 0.3 is 5.97 Å². The van der Waals surface area contributed by atoms with Gasteiger partial charge in [0, 0.05) is 35.8 Å². The van der Waals surface area contributed by atoms with Gasteiger partial charge in [0.05, 0.1) is 7.11 Å². The number of halogens is 1. The lowest BCUT2D eigenvalue weighted by Gasteiger charge is -2.46. The molecule has 3 aromatic rings. The number of hydrogen-bond acceptors (Lipinski definition) is 4. The molecular weight excluding hydrogens is 504 g/mol. The zero-order chi connectivity index (χ0) is 26.9. The van der Waals surface area contributed by atoms with Crippen LogP contribution in [-0.2, 0) is 21.5 Å². The fourth-order valence-corrected chi connectivity index (χ4v) is 7.09. The molecule has 0 saturated heterocycles. The third-order valence-electron chi connectivity index (χ3n) is 8.92. The molecule has 0 bridgehead atoms. The number of benzene rings is 3. The standard InChI is InChI=1S/C34H35ClN2O2/c1-39-32(38)34(36-29-12-7-11-28(35)23-29)18-16-33(17-19-34)30-13-6-5-10-27(30)22-31(33)26-14-20-37(21-15-26)24-25-8-3-2-4-9-25/h2-14,22-23,36H,15-21,24H2,1H3. The fourth-order valence-electron chi connectivity index (χ4n) is 6.90. The van der Waals surface area contributed by atoms with Crippen molar-refractivity contribution in [3.05, 3.63) is 118 Å². The predicted octanol–water partition coefficient (Wildman–Crippen LogP) is 7.41. The minimum Gasteiger partial charge on any atom is -0.467 e. The van der Waals surface area contributed by atoms with Gasteiger partial charge in [0.15, 0.2) is 0 Å². The van der Waals surface area contributed by atoms with Gasteiger partial charge in [-0.05, 0) is 78.1 Å². The van der Waals surface area contributed by atoms with Crippen molar-refractivity contribution in [2.75, 3.05) is 25.5 Å². The number of allylic oxidation sites excluding steroid dienone is 1. The predicted molar refractivity (Wildman–Crippen MR) is 159 cm³/mol. The lowest BCUT2D eigenvalue weighted by Crippen LogP contribution is -2.53. The van der Waals surface area contributed by atoms with Gasteiger partial charge in [-0.1, -0.05) is 84.4 Å². The van der Waals surface area contributed by atoms with Crippen molar-refractivity contribution in [2.24, 2.45) is 0 Å². The summed E-state index contributed by atoms with van der Waals surface area (Å²) in [6.45, 7) is 2.98. The van der Waals surface area contributed by atoms with E-state index < -0.39 is 5.54 Å². The van der Waals surface area contributed by atoms with Crippen LogP contribution in [0.5, 0.6) is 0 Å². The van der Waals surface area contributed by atoms with Crippen molar-refractivity contribution < 1.29 is 9.53 Å². The highest BCUT2D eigenvalue weighted by atomic mass is 35.5. The molecule has 39 heavy (non-hydrogen) atoms. The molecule has 2 aliphatic carbocycles. The first kappa shape index (κ1) is 25.9. The van der Waals surface area contributed by atoms with Gasteiger partial charge in [-0.3, -0.25) is 4.90 Å². The van der Waals surface area contributed by atoms with Crippen LogP contribution >= 0.6 is 11.6 Å². The molecule has 200 valence electrons. The summed E-state index contributed by atoms with van der Waals surface area (Å²) in [6, 6.07) is 27.1. The van der Waals surface area contributed by atoms with Gasteiger partial charge in [0.25, 0.3) is 0 Å². The van der Waals surface area contributed by atoms with Crippen LogP contribution < -0.4 is 5.32 Å². The Morgan fingerprint density at radius 2 is 1.74 bits per heavy atom. The number of esters is 1. The molecule has 4 nitrogen and oxygen atoms in total. The monoisotopic (exact) mass is 538 g/mol. The topological polar surface area (TPSA) is 41.6 Å². The Morgan fingerprint density at radius 1 is 0.974 bits per heavy atom. The van der Waals surface area contributed by atoms with E-state index >= 15 is 0 Å². The second-order valence-corrected chi connectivity index (χ2v) is 11.6. The zero-order valence-electron chi connectivity index (χ0n) is 22.5. The minimum absolute atomic E-state index is 0.0858. The van der Waals surface area contributed by atoms with E-state index in [0.29, 0.717) is 17.9 Å². The summed E-state index contributed by atoms with van der Waals surface area (Å²) < 4.78 is 5.35. The van der Waals surface area contributed by atoms with Crippen LogP contribution in [0.3, 0.4) is 0 Å². The molecule has 6 rings (SSSR count). The van der Waals surface area contributed by atoms with E-state index in [0.717, 1.165) is 44.6 Å². The van der Waals surface area contributed by atoms with Crippen LogP contribution in [0.25, 0.3) is 6.08 Å². The van der Waals surface area contributed by atoms with E-state index in [1.165, 1.54) is 34.9 Å². The van der Waals surface area contributed by atoms with E-state index in [1.807, 2.05) is 24.3 Å². The van der Waals surface area contributed by atoms with Crippen LogP contribution in [0, 0.1) is 0 Å². The Hall–Kier alpha value is -3.34. The summed E-state index contributed by atoms with van der Waals surface area (Å²) in [4.78, 5) is 15.8. The summed E-state index contributed by atoms with van der Waals surface area (Å²) in [5.74, 6) is -0.206. The molecule has 1 saturated carbocycles. The molecule has 3 aliphatic rings. The van der Waals surface area contributed by atoms with Gasteiger partial charge in [-0.25, -0.2) is 4.79 Å². The van der Waals surface area contributed by atoms with Crippen LogP contribution in [0.1, 0.15) is 48.8 Å². The van der Waals surface area contributed by atoms with Crippen LogP contribution in [-0.4, -0.2) is 36.6 Å². The highest BCUT2D eigenvalue weighted by molar-refractivity contribution is 6.30. The second-order valence-electron chi connectivity index (χ2n) is 11.1. The quantitative estimate of drug-likeness (QED) is 0.332. The number of methoxy groups -OCH3 is 1. The second kappa shape index (κ2) is 10.7. The van der Waals surface area contributed by atoms with Gasteiger partial charge in [0.1, 0.15) is 5.54 Å². The Bertz CT molecular complexity index is 1420. The molecule has 1 spiro atoms. The molecule has 5 heteroatoms. The van der Waals surface area contributed by atoms with Gasteiger partial charge in [-0.2, -0.15) is 0 Å². The van der Waals surface area contributed by atoms with Gasteiger partial charge in [-0.15, -0.1) is 0 Å². The number of nitrogens with one attached hydrogen (secondary N) is 1. The largest absolute Gasteiger partial charge is 0.467 e. The Balaban J connectivity index is 1.27. The summed E-state index contributed by atoms with van der Waals surface area (Å²) in [5.41, 5.74) is 6.96. The molecule has 0 unspecified atom stereocenters. The van der Waals surface area contributed by atoms with Gasteiger partial charge in [0.2, 0.25) is 0 Å². The Morgan fingerprint density at radius 3 is 2.46 bits per heavy atom. The van der Waals surface area contributed by atoms with E-state index in [4.69, 9.17) is 16.3 Å². The van der Waals surface area contributed by atoms with Crippen LogP contribution in [0.2, 0.25) is 5.02 Å². The first-order valence-corrected chi connectivity index (χ1v) is 14.3. The van der Waals surface area contributed by atoms with Crippen molar-refractivity contribution in [3.8, 4) is 0 Å². The molecule has 0 atom stereocenters. The van der Waals surface area contributed by atoms with Crippen molar-refractivity contribution in [1.82, 2.24) is 4.90 Å². The molecule has 1 N–H and O–H groups in total. The van der Waals surface area contributed by atoms with Crippen molar-refractivity contribution in [2.45, 2.75) is 49.6 Å². The molecule has 0 amide bonds. The van der Waals surface area contributed by atoms with Crippen LogP contribution in [0.4, 0.5) is 5.69 Å². The summed E-state index contributed by atoms with van der Waals surface area (Å²) in [6.07, 6.45) is 9.03. The third kappa shape index (κ3) is 4.92. The molecule has 0 radical (unpaired) electrons. The number of anilines is 1. The first-order chi connectivity index (χ1) is 19.0. The number of rotatable bonds is 6. The summed E-state index contributed by atoms with van der Waals surface area (Å²) in [5, 5.41) is 4.19. The van der Waals surface area contributed by atoms with E-state index in [1.54, 1.807) is 0 Å². The molecule has 1 fully saturated rings. The number of carbonyl (C=O) groups excluding carboxylic acids is 1. The Kier molecular flexibility index (Phi) is 7.09. The molecule has 1 aliphatic heterocycles.